The van der Waals surface area contributed by atoms with Gasteiger partial charge in [0, 0.05) is 13.1 Å². The fourth-order valence-electron chi connectivity index (χ4n) is 3.24. The van der Waals surface area contributed by atoms with Gasteiger partial charge in [0.1, 0.15) is 18.5 Å². The van der Waals surface area contributed by atoms with Gasteiger partial charge >= 0.3 is 0 Å². The number of hydrogen-bond donors (Lipinski definition) is 1. The lowest BCUT2D eigenvalue weighted by Gasteiger charge is -2.20. The van der Waals surface area contributed by atoms with E-state index in [0.717, 1.165) is 25.3 Å². The SMILES string of the molecule is Cc1cccc(OC[C@H](O)CN2CC[C@H](c3ccccc3)C2)c1. The van der Waals surface area contributed by atoms with Gasteiger partial charge in [0.25, 0.3) is 0 Å². The second kappa shape index (κ2) is 7.62. The maximum absolute atomic E-state index is 10.2. The summed E-state index contributed by atoms with van der Waals surface area (Å²) < 4.78 is 5.69. The van der Waals surface area contributed by atoms with Gasteiger partial charge in [0.05, 0.1) is 0 Å². The van der Waals surface area contributed by atoms with Crippen LogP contribution >= 0.6 is 0 Å². The Morgan fingerprint density at radius 3 is 2.78 bits per heavy atom. The van der Waals surface area contributed by atoms with Gasteiger partial charge in [0.15, 0.2) is 0 Å². The van der Waals surface area contributed by atoms with Crippen LogP contribution in [0.15, 0.2) is 54.6 Å². The molecular formula is C20H25NO2. The minimum Gasteiger partial charge on any atom is -0.491 e. The summed E-state index contributed by atoms with van der Waals surface area (Å²) >= 11 is 0. The molecule has 1 heterocycles. The second-order valence-corrected chi connectivity index (χ2v) is 6.44. The van der Waals surface area contributed by atoms with Gasteiger partial charge in [0.2, 0.25) is 0 Å². The highest BCUT2D eigenvalue weighted by molar-refractivity contribution is 5.27. The summed E-state index contributed by atoms with van der Waals surface area (Å²) in [7, 11) is 0. The highest BCUT2D eigenvalue weighted by Gasteiger charge is 2.25. The third-order valence-electron chi connectivity index (χ3n) is 4.44. The first kappa shape index (κ1) is 16.0. The Morgan fingerprint density at radius 1 is 1.17 bits per heavy atom. The summed E-state index contributed by atoms with van der Waals surface area (Å²) in [5.41, 5.74) is 2.57. The molecule has 2 aromatic carbocycles. The van der Waals surface area contributed by atoms with Crippen LogP contribution in [0.2, 0.25) is 0 Å². The molecule has 0 aromatic heterocycles. The van der Waals surface area contributed by atoms with E-state index in [0.29, 0.717) is 19.1 Å². The smallest absolute Gasteiger partial charge is 0.119 e. The summed E-state index contributed by atoms with van der Waals surface area (Å²) in [5, 5.41) is 10.2. The van der Waals surface area contributed by atoms with E-state index in [1.54, 1.807) is 0 Å². The number of aliphatic hydroxyl groups is 1. The molecule has 3 nitrogen and oxygen atoms in total. The van der Waals surface area contributed by atoms with Crippen molar-refractivity contribution in [1.82, 2.24) is 4.90 Å². The summed E-state index contributed by atoms with van der Waals surface area (Å²) in [5.74, 6) is 1.41. The molecule has 0 amide bonds. The second-order valence-electron chi connectivity index (χ2n) is 6.44. The first-order valence-electron chi connectivity index (χ1n) is 8.35. The van der Waals surface area contributed by atoms with Crippen LogP contribution in [0.4, 0.5) is 0 Å². The first-order chi connectivity index (χ1) is 11.2. The Kier molecular flexibility index (Phi) is 5.31. The monoisotopic (exact) mass is 311 g/mol. The molecule has 2 aromatic rings. The van der Waals surface area contributed by atoms with E-state index in [9.17, 15) is 5.11 Å². The third-order valence-corrected chi connectivity index (χ3v) is 4.44. The minimum absolute atomic E-state index is 0.343. The quantitative estimate of drug-likeness (QED) is 0.889. The Hall–Kier alpha value is -1.84. The zero-order valence-corrected chi connectivity index (χ0v) is 13.7. The summed E-state index contributed by atoms with van der Waals surface area (Å²) in [6.45, 7) is 5.12. The Balaban J connectivity index is 1.45. The largest absolute Gasteiger partial charge is 0.491 e. The number of aryl methyl sites for hydroxylation is 1. The molecule has 23 heavy (non-hydrogen) atoms. The van der Waals surface area contributed by atoms with Crippen molar-refractivity contribution in [1.29, 1.82) is 0 Å². The predicted octanol–water partition coefficient (Wildman–Crippen LogP) is 3.22. The number of β-amino-alcohol motifs (C(OH)–C–C–N with tert-alkyl or cyclic N) is 1. The van der Waals surface area contributed by atoms with Gasteiger partial charge in [-0.15, -0.1) is 0 Å². The van der Waals surface area contributed by atoms with Crippen molar-refractivity contribution >= 4 is 0 Å². The molecule has 1 aliphatic rings. The lowest BCUT2D eigenvalue weighted by atomic mass is 9.99. The molecular weight excluding hydrogens is 286 g/mol. The van der Waals surface area contributed by atoms with Gasteiger partial charge in [-0.05, 0) is 49.1 Å². The van der Waals surface area contributed by atoms with E-state index in [-0.39, 0.29) is 0 Å². The molecule has 0 spiro atoms. The van der Waals surface area contributed by atoms with E-state index < -0.39 is 6.10 Å². The number of aliphatic hydroxyl groups excluding tert-OH is 1. The summed E-state index contributed by atoms with van der Waals surface area (Å²) in [6.07, 6.45) is 0.709. The fraction of sp³-hybridized carbons (Fsp3) is 0.400. The number of likely N-dealkylation sites (tertiary alicyclic amines) is 1. The van der Waals surface area contributed by atoms with Gasteiger partial charge in [-0.3, -0.25) is 0 Å². The van der Waals surface area contributed by atoms with E-state index in [1.807, 2.05) is 31.2 Å². The van der Waals surface area contributed by atoms with Crippen molar-refractivity contribution in [3.8, 4) is 5.75 Å². The molecule has 0 radical (unpaired) electrons. The molecule has 0 unspecified atom stereocenters. The number of hydrogen-bond acceptors (Lipinski definition) is 3. The van der Waals surface area contributed by atoms with Gasteiger partial charge in [-0.1, -0.05) is 42.5 Å². The van der Waals surface area contributed by atoms with E-state index >= 15 is 0 Å². The molecule has 0 aliphatic carbocycles. The first-order valence-corrected chi connectivity index (χ1v) is 8.35. The Labute approximate surface area is 138 Å². The van der Waals surface area contributed by atoms with Gasteiger partial charge in [-0.25, -0.2) is 0 Å². The van der Waals surface area contributed by atoms with Gasteiger partial charge in [-0.2, -0.15) is 0 Å². The maximum Gasteiger partial charge on any atom is 0.119 e. The van der Waals surface area contributed by atoms with Crippen LogP contribution < -0.4 is 4.74 Å². The van der Waals surface area contributed by atoms with E-state index in [4.69, 9.17) is 4.74 Å². The van der Waals surface area contributed by atoms with Crippen molar-refractivity contribution < 1.29 is 9.84 Å². The molecule has 1 fully saturated rings. The molecule has 1 saturated heterocycles. The Bertz CT molecular complexity index is 614. The predicted molar refractivity (Wildman–Crippen MR) is 92.9 cm³/mol. The zero-order valence-electron chi connectivity index (χ0n) is 13.7. The topological polar surface area (TPSA) is 32.7 Å². The molecule has 0 bridgehead atoms. The molecule has 2 atom stereocenters. The van der Waals surface area contributed by atoms with E-state index in [1.165, 1.54) is 11.1 Å². The number of benzene rings is 2. The third kappa shape index (κ3) is 4.57. The van der Waals surface area contributed by atoms with Crippen molar-refractivity contribution in [2.24, 2.45) is 0 Å². The van der Waals surface area contributed by atoms with Crippen LogP contribution in [0.25, 0.3) is 0 Å². The van der Waals surface area contributed by atoms with Crippen LogP contribution in [0.3, 0.4) is 0 Å². The molecule has 3 rings (SSSR count). The van der Waals surface area contributed by atoms with Crippen molar-refractivity contribution in [3.63, 3.8) is 0 Å². The number of rotatable bonds is 6. The summed E-state index contributed by atoms with van der Waals surface area (Å²) in [4.78, 5) is 2.34. The van der Waals surface area contributed by atoms with Crippen LogP contribution in [-0.2, 0) is 0 Å². The minimum atomic E-state index is -0.454. The maximum atomic E-state index is 10.2. The highest BCUT2D eigenvalue weighted by Crippen LogP contribution is 2.26. The average molecular weight is 311 g/mol. The molecule has 1 aliphatic heterocycles. The Morgan fingerprint density at radius 2 is 2.00 bits per heavy atom. The lowest BCUT2D eigenvalue weighted by Crippen LogP contribution is -2.34. The van der Waals surface area contributed by atoms with E-state index in [2.05, 4.69) is 35.2 Å². The fourth-order valence-corrected chi connectivity index (χ4v) is 3.24. The standard InChI is InChI=1S/C20H25NO2/c1-16-6-5-9-20(12-16)23-15-19(22)14-21-11-10-18(13-21)17-7-3-2-4-8-17/h2-9,12,18-19,22H,10-11,13-15H2,1H3/t18-,19+/m0/s1. The van der Waals surface area contributed by atoms with Gasteiger partial charge < -0.3 is 14.7 Å². The molecule has 122 valence electrons. The molecule has 1 N–H and O–H groups in total. The molecule has 3 heteroatoms. The van der Waals surface area contributed by atoms with Crippen molar-refractivity contribution in [2.75, 3.05) is 26.2 Å². The lowest BCUT2D eigenvalue weighted by molar-refractivity contribution is 0.0754. The normalized spacial score (nSPS) is 19.7. The van der Waals surface area contributed by atoms with Crippen LogP contribution in [0.1, 0.15) is 23.5 Å². The number of nitrogens with zero attached hydrogens (tertiary/aromatic N) is 1. The zero-order chi connectivity index (χ0) is 16.1. The van der Waals surface area contributed by atoms with Crippen LogP contribution in [-0.4, -0.2) is 42.4 Å². The molecule has 0 saturated carbocycles. The number of ether oxygens (including phenoxy) is 1. The van der Waals surface area contributed by atoms with Crippen molar-refractivity contribution in [2.45, 2.75) is 25.4 Å². The van der Waals surface area contributed by atoms with Crippen molar-refractivity contribution in [3.05, 3.63) is 65.7 Å². The average Bonchev–Trinajstić information content (AvgIpc) is 3.02. The highest BCUT2D eigenvalue weighted by atomic mass is 16.5. The summed E-state index contributed by atoms with van der Waals surface area (Å²) in [6, 6.07) is 18.6. The van der Waals surface area contributed by atoms with Crippen LogP contribution in [0, 0.1) is 6.92 Å². The van der Waals surface area contributed by atoms with Crippen LogP contribution in [0.5, 0.6) is 5.75 Å².